The average Bonchev–Trinajstić information content (AvgIpc) is 2.83. The van der Waals surface area contributed by atoms with Crippen molar-refractivity contribution in [2.75, 3.05) is 25.2 Å². The van der Waals surface area contributed by atoms with Gasteiger partial charge in [0, 0.05) is 12.6 Å². The second-order valence-electron chi connectivity index (χ2n) is 9.94. The maximum atomic E-state index is 14.0. The third kappa shape index (κ3) is 11.2. The van der Waals surface area contributed by atoms with Crippen molar-refractivity contribution in [3.8, 4) is 0 Å². The van der Waals surface area contributed by atoms with Crippen LogP contribution in [0.15, 0.2) is 30.8 Å². The van der Waals surface area contributed by atoms with Crippen LogP contribution in [-0.2, 0) is 23.9 Å². The van der Waals surface area contributed by atoms with Gasteiger partial charge in [-0.25, -0.2) is 4.79 Å². The topological polar surface area (TPSA) is 114 Å². The summed E-state index contributed by atoms with van der Waals surface area (Å²) in [6, 6.07) is 4.89. The van der Waals surface area contributed by atoms with Crippen LogP contribution >= 0.6 is 11.8 Å². The predicted octanol–water partition coefficient (Wildman–Crippen LogP) is 4.32. The molecule has 0 saturated heterocycles. The molecule has 2 unspecified atom stereocenters. The number of alkyl carbamates (subject to hydrolysis) is 1. The van der Waals surface area contributed by atoms with Crippen molar-refractivity contribution in [3.05, 3.63) is 42.0 Å². The molecule has 0 fully saturated rings. The number of hydrogen-bond donors (Lipinski definition) is 2. The smallest absolute Gasteiger partial charge is 0.408 e. The molecule has 0 saturated carbocycles. The Bertz CT molecular complexity index is 960. The predicted molar refractivity (Wildman–Crippen MR) is 152 cm³/mol. The van der Waals surface area contributed by atoms with Crippen molar-refractivity contribution in [1.82, 2.24) is 15.5 Å². The monoisotopic (exact) mass is 549 g/mol. The minimum absolute atomic E-state index is 0.00513. The maximum Gasteiger partial charge on any atom is 0.408 e. The van der Waals surface area contributed by atoms with Crippen molar-refractivity contribution < 1.29 is 28.7 Å². The molecule has 2 N–H and O–H groups in total. The fraction of sp³-hybridized carbons (Fsp3) is 0.571. The highest BCUT2D eigenvalue weighted by molar-refractivity contribution is 7.98. The summed E-state index contributed by atoms with van der Waals surface area (Å²) >= 11 is 1.54. The number of hydrogen-bond acceptors (Lipinski definition) is 7. The van der Waals surface area contributed by atoms with Crippen LogP contribution in [0.5, 0.6) is 0 Å². The second kappa shape index (κ2) is 16.1. The lowest BCUT2D eigenvalue weighted by molar-refractivity contribution is -0.145. The van der Waals surface area contributed by atoms with Crippen molar-refractivity contribution in [1.29, 1.82) is 0 Å². The Morgan fingerprint density at radius 3 is 2.42 bits per heavy atom. The van der Waals surface area contributed by atoms with E-state index in [9.17, 15) is 19.2 Å². The van der Waals surface area contributed by atoms with Crippen LogP contribution in [0.4, 0.5) is 4.79 Å². The third-order valence-electron chi connectivity index (χ3n) is 5.33. The van der Waals surface area contributed by atoms with Gasteiger partial charge in [-0.05, 0) is 77.2 Å². The van der Waals surface area contributed by atoms with Crippen LogP contribution in [0.2, 0.25) is 0 Å². The molecule has 0 aromatic heterocycles. The summed E-state index contributed by atoms with van der Waals surface area (Å²) in [6.07, 6.45) is 3.23. The molecule has 0 aliphatic carbocycles. The van der Waals surface area contributed by atoms with Gasteiger partial charge in [0.1, 0.15) is 17.7 Å². The van der Waals surface area contributed by atoms with Gasteiger partial charge in [-0.2, -0.15) is 11.8 Å². The third-order valence-corrected chi connectivity index (χ3v) is 5.98. The summed E-state index contributed by atoms with van der Waals surface area (Å²) in [5, 5.41) is 5.49. The van der Waals surface area contributed by atoms with E-state index in [1.165, 1.54) is 4.90 Å². The van der Waals surface area contributed by atoms with Crippen molar-refractivity contribution >= 4 is 41.7 Å². The van der Waals surface area contributed by atoms with Crippen LogP contribution in [0.1, 0.15) is 71.6 Å². The SMILES string of the molecule is C=Cc1cccc(C(C(=O)NCCC(=O)OCC)N(C(=O)C(CCSC)NC(=O)OC(C)(C)C)C(C)C)c1. The molecule has 3 amide bonds. The van der Waals surface area contributed by atoms with Crippen LogP contribution in [0.3, 0.4) is 0 Å². The average molecular weight is 550 g/mol. The molecule has 9 nitrogen and oxygen atoms in total. The second-order valence-corrected chi connectivity index (χ2v) is 10.9. The number of nitrogens with zero attached hydrogens (tertiary/aromatic N) is 1. The molecule has 2 atom stereocenters. The number of rotatable bonds is 14. The van der Waals surface area contributed by atoms with Gasteiger partial charge in [0.2, 0.25) is 11.8 Å². The van der Waals surface area contributed by atoms with E-state index in [4.69, 9.17) is 9.47 Å². The van der Waals surface area contributed by atoms with Gasteiger partial charge in [0.25, 0.3) is 0 Å². The Kier molecular flexibility index (Phi) is 14.0. The van der Waals surface area contributed by atoms with Gasteiger partial charge < -0.3 is 25.0 Å². The van der Waals surface area contributed by atoms with Gasteiger partial charge in [0.05, 0.1) is 13.0 Å². The molecule has 38 heavy (non-hydrogen) atoms. The Hall–Kier alpha value is -3.01. The number of thioether (sulfide) groups is 1. The summed E-state index contributed by atoms with van der Waals surface area (Å²) in [4.78, 5) is 53.4. The van der Waals surface area contributed by atoms with E-state index < -0.39 is 47.6 Å². The molecule has 0 spiro atoms. The molecule has 212 valence electrons. The summed E-state index contributed by atoms with van der Waals surface area (Å²) in [5.74, 6) is -0.665. The maximum absolute atomic E-state index is 14.0. The van der Waals surface area contributed by atoms with Crippen LogP contribution in [0, 0.1) is 0 Å². The molecule has 0 aliphatic rings. The molecule has 1 aromatic carbocycles. The number of benzene rings is 1. The number of nitrogens with one attached hydrogen (secondary N) is 2. The first kappa shape index (κ1) is 33.0. The minimum Gasteiger partial charge on any atom is -0.466 e. The van der Waals surface area contributed by atoms with E-state index in [-0.39, 0.29) is 19.6 Å². The Morgan fingerprint density at radius 2 is 1.87 bits per heavy atom. The fourth-order valence-electron chi connectivity index (χ4n) is 3.71. The molecule has 1 aromatic rings. The largest absolute Gasteiger partial charge is 0.466 e. The van der Waals surface area contributed by atoms with Crippen LogP contribution < -0.4 is 10.6 Å². The molecule has 0 radical (unpaired) electrons. The molecule has 0 heterocycles. The zero-order valence-electron chi connectivity index (χ0n) is 23.7. The van der Waals surface area contributed by atoms with Gasteiger partial charge in [-0.3, -0.25) is 14.4 Å². The number of esters is 1. The van der Waals surface area contributed by atoms with E-state index in [1.54, 1.807) is 63.7 Å². The lowest BCUT2D eigenvalue weighted by atomic mass is 9.98. The Morgan fingerprint density at radius 1 is 1.18 bits per heavy atom. The molecule has 10 heteroatoms. The van der Waals surface area contributed by atoms with E-state index in [2.05, 4.69) is 17.2 Å². The summed E-state index contributed by atoms with van der Waals surface area (Å²) in [7, 11) is 0. The number of ether oxygens (including phenoxy) is 2. The summed E-state index contributed by atoms with van der Waals surface area (Å²) in [5.41, 5.74) is 0.634. The van der Waals surface area contributed by atoms with Crippen molar-refractivity contribution in [2.45, 2.75) is 78.1 Å². The standard InChI is InChI=1S/C28H43N3O6S/c1-9-20-12-11-13-21(18-20)24(25(33)29-16-14-23(32)36-10-2)31(19(3)4)26(34)22(15-17-38-8)30-27(35)37-28(5,6)7/h9,11-13,18-19,22,24H,1,10,14-17H2,2-8H3,(H,29,33)(H,30,35). The van der Waals surface area contributed by atoms with Crippen LogP contribution in [0.25, 0.3) is 6.08 Å². The van der Waals surface area contributed by atoms with Crippen molar-refractivity contribution in [3.63, 3.8) is 0 Å². The molecular weight excluding hydrogens is 506 g/mol. The molecule has 0 aliphatic heterocycles. The van der Waals surface area contributed by atoms with E-state index in [0.717, 1.165) is 5.56 Å². The van der Waals surface area contributed by atoms with Gasteiger partial charge in [0.15, 0.2) is 0 Å². The lowest BCUT2D eigenvalue weighted by Crippen LogP contribution is -2.55. The highest BCUT2D eigenvalue weighted by Gasteiger charge is 2.37. The van der Waals surface area contributed by atoms with Gasteiger partial charge >= 0.3 is 12.1 Å². The van der Waals surface area contributed by atoms with Gasteiger partial charge in [-0.15, -0.1) is 0 Å². The van der Waals surface area contributed by atoms with E-state index in [1.807, 2.05) is 26.2 Å². The highest BCUT2D eigenvalue weighted by Crippen LogP contribution is 2.27. The van der Waals surface area contributed by atoms with E-state index in [0.29, 0.717) is 17.7 Å². The quantitative estimate of drug-likeness (QED) is 0.332. The van der Waals surface area contributed by atoms with E-state index >= 15 is 0 Å². The fourth-order valence-corrected chi connectivity index (χ4v) is 4.19. The molecule has 0 bridgehead atoms. The molecule has 1 rings (SSSR count). The zero-order valence-corrected chi connectivity index (χ0v) is 24.5. The van der Waals surface area contributed by atoms with Gasteiger partial charge in [-0.1, -0.05) is 30.9 Å². The van der Waals surface area contributed by atoms with Crippen LogP contribution in [-0.4, -0.2) is 71.6 Å². The first-order valence-corrected chi connectivity index (χ1v) is 14.2. The Labute approximate surface area is 231 Å². The summed E-state index contributed by atoms with van der Waals surface area (Å²) in [6.45, 7) is 14.7. The number of carbonyl (C=O) groups excluding carboxylic acids is 4. The highest BCUT2D eigenvalue weighted by atomic mass is 32.2. The Balaban J connectivity index is 3.40. The lowest BCUT2D eigenvalue weighted by Gasteiger charge is -2.37. The minimum atomic E-state index is -1.01. The number of amides is 3. The zero-order chi connectivity index (χ0) is 28.9. The molecular formula is C28H43N3O6S. The van der Waals surface area contributed by atoms with Crippen molar-refractivity contribution in [2.24, 2.45) is 0 Å². The first-order chi connectivity index (χ1) is 17.8. The summed E-state index contributed by atoms with van der Waals surface area (Å²) < 4.78 is 10.3. The first-order valence-electron chi connectivity index (χ1n) is 12.8. The number of carbonyl (C=O) groups is 4. The normalized spacial score (nSPS) is 12.7.